The second kappa shape index (κ2) is 13.1. The molecular weight excluding hydrogens is 658 g/mol. The quantitative estimate of drug-likeness (QED) is 0.0928. The number of amidine groups is 1. The van der Waals surface area contributed by atoms with E-state index in [-0.39, 0.29) is 23.7 Å². The predicted molar refractivity (Wildman–Crippen MR) is 145 cm³/mol. The van der Waals surface area contributed by atoms with Gasteiger partial charge in [-0.25, -0.2) is 0 Å². The van der Waals surface area contributed by atoms with Gasteiger partial charge in [-0.1, -0.05) is 0 Å². The van der Waals surface area contributed by atoms with Crippen molar-refractivity contribution >= 4 is 17.4 Å². The zero-order chi connectivity index (χ0) is 29.7. The van der Waals surface area contributed by atoms with Crippen LogP contribution in [0.1, 0.15) is 38.8 Å². The molecule has 5 N–H and O–H groups in total. The van der Waals surface area contributed by atoms with Gasteiger partial charge in [0.25, 0.3) is 0 Å². The Kier molecular flexibility index (Phi) is 10.4. The Morgan fingerprint density at radius 2 is 1.88 bits per heavy atom. The number of hydrogen-bond donors (Lipinski definition) is 3. The summed E-state index contributed by atoms with van der Waals surface area (Å²) in [5, 5.41) is 10.9. The summed E-state index contributed by atoms with van der Waals surface area (Å²) in [6, 6.07) is 11.6. The van der Waals surface area contributed by atoms with Crippen molar-refractivity contribution in [3.05, 3.63) is 80.2 Å². The van der Waals surface area contributed by atoms with Crippen LogP contribution in [-0.4, -0.2) is 36.9 Å². The third-order valence-corrected chi connectivity index (χ3v) is 9.06. The number of aromatic nitrogens is 1. The second-order valence-electron chi connectivity index (χ2n) is 9.64. The summed E-state index contributed by atoms with van der Waals surface area (Å²) < 4.78 is 47.3. The van der Waals surface area contributed by atoms with Crippen LogP contribution in [0.3, 0.4) is 0 Å². The molecule has 2 aromatic rings. The summed E-state index contributed by atoms with van der Waals surface area (Å²) in [7, 11) is 0. The third-order valence-electron chi connectivity index (χ3n) is 6.07. The van der Waals surface area contributed by atoms with E-state index in [9.17, 15) is 18.3 Å². The molecule has 216 valence electrons. The maximum absolute atomic E-state index is 12.9. The van der Waals surface area contributed by atoms with Crippen LogP contribution in [0.25, 0.3) is 0 Å². The molecule has 1 aromatic heterocycles. The first-order valence-electron chi connectivity index (χ1n) is 12.3. The molecule has 1 aliphatic rings. The number of allylic oxidation sites excluding steroid dienone is 2. The number of alkyl halides is 3. The number of aliphatic imine (C=N–C) groups is 1. The van der Waals surface area contributed by atoms with Crippen LogP contribution in [-0.2, 0) is 12.6 Å². The molecule has 0 radical (unpaired) electrons. The van der Waals surface area contributed by atoms with E-state index in [0.29, 0.717) is 17.6 Å². The third kappa shape index (κ3) is 8.52. The van der Waals surface area contributed by atoms with Gasteiger partial charge in [-0.05, 0) is 0 Å². The van der Waals surface area contributed by atoms with Crippen molar-refractivity contribution in [2.75, 3.05) is 0 Å². The summed E-state index contributed by atoms with van der Waals surface area (Å²) in [5.41, 5.74) is 11.8. The first-order chi connectivity index (χ1) is 18.7. The predicted octanol–water partition coefficient (Wildman–Crippen LogP) is 1.86. The molecular formula is C28H31ClF3IN5O2-. The Balaban J connectivity index is 1.94. The number of hydrogen-bond acceptors (Lipinski definition) is 6. The Hall–Kier alpha value is -2.95. The average molecular weight is 689 g/mol. The summed E-state index contributed by atoms with van der Waals surface area (Å²) in [6.07, 6.45) is -0.00855. The summed E-state index contributed by atoms with van der Waals surface area (Å²) in [5.74, 6) is 2.87. The van der Waals surface area contributed by atoms with Crippen molar-refractivity contribution in [3.63, 3.8) is 0 Å². The molecule has 7 nitrogen and oxygen atoms in total. The van der Waals surface area contributed by atoms with E-state index >= 15 is 0 Å². The van der Waals surface area contributed by atoms with Gasteiger partial charge in [0.05, 0.1) is 5.56 Å². The molecule has 0 saturated heterocycles. The molecule has 1 aliphatic heterocycles. The molecule has 3 rings (SSSR count). The van der Waals surface area contributed by atoms with E-state index in [1.54, 1.807) is 20.8 Å². The van der Waals surface area contributed by atoms with Gasteiger partial charge in [-0.15, -0.1) is 0 Å². The van der Waals surface area contributed by atoms with Crippen LogP contribution >= 0.6 is 11.6 Å². The van der Waals surface area contributed by atoms with Crippen LogP contribution in [0.4, 0.5) is 13.2 Å². The molecule has 12 heteroatoms. The molecule has 0 aliphatic carbocycles. The van der Waals surface area contributed by atoms with E-state index in [0.717, 1.165) is 26.8 Å². The van der Waals surface area contributed by atoms with E-state index in [1.165, 1.54) is 0 Å². The number of nitrogens with two attached hydrogens (primary N) is 2. The van der Waals surface area contributed by atoms with E-state index in [2.05, 4.69) is 16.9 Å². The number of benzene rings is 1. The van der Waals surface area contributed by atoms with Crippen molar-refractivity contribution in [3.8, 4) is 17.8 Å². The molecule has 2 unspecified atom stereocenters. The number of pyridine rings is 1. The molecule has 2 heterocycles. The van der Waals surface area contributed by atoms with Gasteiger partial charge in [0.2, 0.25) is 0 Å². The van der Waals surface area contributed by atoms with Gasteiger partial charge in [-0.2, -0.15) is 13.2 Å². The monoisotopic (exact) mass is 688 g/mol. The van der Waals surface area contributed by atoms with E-state index < -0.39 is 45.0 Å². The molecule has 3 atom stereocenters. The topological polar surface area (TPSA) is 110 Å². The van der Waals surface area contributed by atoms with Crippen molar-refractivity contribution in [1.29, 1.82) is 0 Å². The van der Waals surface area contributed by atoms with Crippen LogP contribution in [0.5, 0.6) is 5.88 Å². The number of ether oxygens (including phenoxy) is 1. The molecule has 40 heavy (non-hydrogen) atoms. The normalized spacial score (nSPS) is 16.9. The summed E-state index contributed by atoms with van der Waals surface area (Å²) in [4.78, 5) is 8.55. The Morgan fingerprint density at radius 3 is 2.42 bits per heavy atom. The number of aliphatic hydroxyl groups excluding tert-OH is 1. The Bertz CT molecular complexity index is 1330. The van der Waals surface area contributed by atoms with Gasteiger partial charge < -0.3 is 0 Å². The van der Waals surface area contributed by atoms with Crippen molar-refractivity contribution in [2.24, 2.45) is 22.4 Å². The van der Waals surface area contributed by atoms with E-state index in [1.807, 2.05) is 46.6 Å². The molecule has 0 amide bonds. The fraction of sp³-hybridized carbons (Fsp3) is 0.357. The SMILES string of the molecule is CC(N=C(N)C(C)(C)Oc1ccc(C(F)(F)F)cn1)C(Cc1ccc(Cl)cc1)C1=CN([C@H](C)O)[I-]C(C#CN)=C1. The number of rotatable bonds is 9. The summed E-state index contributed by atoms with van der Waals surface area (Å²) >= 11 is 5.35. The zero-order valence-electron chi connectivity index (χ0n) is 22.4. The molecule has 0 bridgehead atoms. The first kappa shape index (κ1) is 31.6. The standard InChI is InChI=1S/C28H31ClF3IN5O2/c1-17(37-26(35)27(3,4)40-25-10-7-21(15-36-25)28(30,31)32)24(13-19-5-8-22(29)9-6-19)20-14-23(11-12-34)33-38(16-20)18(2)39/h5-10,14-18,24,39H,13,34H2,1-4H3,(H2,35,37)/q-1/t17?,18-,24?/m0/s1. The van der Waals surface area contributed by atoms with E-state index in [4.69, 9.17) is 32.8 Å². The van der Waals surface area contributed by atoms with Crippen molar-refractivity contribution in [1.82, 2.24) is 8.10 Å². The minimum atomic E-state index is -4.50. The van der Waals surface area contributed by atoms with Crippen molar-refractivity contribution < 1.29 is 44.5 Å². The fourth-order valence-electron chi connectivity index (χ4n) is 3.82. The van der Waals surface area contributed by atoms with Gasteiger partial charge in [0, 0.05) is 0 Å². The van der Waals surface area contributed by atoms with Crippen LogP contribution in [0.2, 0.25) is 5.02 Å². The molecule has 0 saturated carbocycles. The zero-order valence-corrected chi connectivity index (χ0v) is 25.3. The van der Waals surface area contributed by atoms with Gasteiger partial charge in [0.1, 0.15) is 0 Å². The van der Waals surface area contributed by atoms with Crippen LogP contribution < -0.4 is 37.7 Å². The number of nitrogens with zero attached hydrogens (tertiary/aromatic N) is 3. The Labute approximate surface area is 247 Å². The molecule has 0 fully saturated rings. The van der Waals surface area contributed by atoms with Crippen molar-refractivity contribution in [2.45, 2.75) is 58.2 Å². The van der Waals surface area contributed by atoms with Gasteiger partial charge >= 0.3 is 230 Å². The van der Waals surface area contributed by atoms with Gasteiger partial charge in [0.15, 0.2) is 0 Å². The van der Waals surface area contributed by atoms with Crippen LogP contribution in [0, 0.1) is 17.9 Å². The Morgan fingerprint density at radius 1 is 1.20 bits per heavy atom. The second-order valence-corrected chi connectivity index (χ2v) is 12.8. The maximum atomic E-state index is 12.9. The summed E-state index contributed by atoms with van der Waals surface area (Å²) in [6.45, 7) is 6.94. The minimum absolute atomic E-state index is 0.0130. The fourth-order valence-corrected chi connectivity index (χ4v) is 6.18. The molecule has 1 aromatic carbocycles. The van der Waals surface area contributed by atoms with Crippen LogP contribution in [0.15, 0.2) is 69.0 Å². The number of aliphatic hydroxyl groups is 1. The van der Waals surface area contributed by atoms with Gasteiger partial charge in [-0.3, -0.25) is 0 Å². The first-order valence-corrected chi connectivity index (χ1v) is 14.7. The number of halogens is 5. The molecule has 0 spiro atoms. The average Bonchev–Trinajstić information content (AvgIpc) is 2.87.